The summed E-state index contributed by atoms with van der Waals surface area (Å²) in [5.41, 5.74) is 0.523. The van der Waals surface area contributed by atoms with E-state index in [0.29, 0.717) is 31.2 Å². The van der Waals surface area contributed by atoms with Gasteiger partial charge in [-0.05, 0) is 25.8 Å². The molecular formula is C21H33F2IN4O3. The number of aliphatic imine (C=N–C) groups is 1. The lowest BCUT2D eigenvalue weighted by Crippen LogP contribution is -2.42. The van der Waals surface area contributed by atoms with Crippen LogP contribution in [0.5, 0.6) is 11.5 Å². The molecule has 0 aliphatic heterocycles. The molecule has 0 unspecified atom stereocenters. The zero-order valence-electron chi connectivity index (χ0n) is 18.1. The van der Waals surface area contributed by atoms with E-state index in [1.54, 1.807) is 32.2 Å². The van der Waals surface area contributed by atoms with Gasteiger partial charge in [0.05, 0.1) is 6.61 Å². The van der Waals surface area contributed by atoms with Gasteiger partial charge in [-0.1, -0.05) is 31.4 Å². The van der Waals surface area contributed by atoms with E-state index < -0.39 is 6.61 Å². The number of alkyl halides is 2. The molecule has 0 aromatic heterocycles. The molecule has 10 heteroatoms. The minimum atomic E-state index is -2.95. The standard InChI is InChI=1S/C21H32F2N4O3.HI/c1-3-29-17-11-7-10-16(18(17)30-20(22)23)14-27-21(24-2)26-13-12-25-19(28)15-8-5-4-6-9-15;/h7,10-11,15,20H,3-6,8-9,12-14H2,1-2H3,(H,25,28)(H2,24,26,27);1H. The van der Waals surface area contributed by atoms with E-state index in [-0.39, 0.29) is 53.8 Å². The van der Waals surface area contributed by atoms with Crippen molar-refractivity contribution in [3.05, 3.63) is 23.8 Å². The number of halogens is 3. The molecule has 0 saturated heterocycles. The molecule has 3 N–H and O–H groups in total. The molecular weight excluding hydrogens is 521 g/mol. The number of para-hydroxylation sites is 1. The molecule has 1 aliphatic carbocycles. The Hall–Kier alpha value is -1.85. The van der Waals surface area contributed by atoms with E-state index in [9.17, 15) is 13.6 Å². The molecule has 1 amide bonds. The Bertz CT molecular complexity index is 701. The first-order valence-electron chi connectivity index (χ1n) is 10.5. The Morgan fingerprint density at radius 3 is 2.52 bits per heavy atom. The van der Waals surface area contributed by atoms with E-state index in [1.807, 2.05) is 0 Å². The maximum Gasteiger partial charge on any atom is 0.387 e. The summed E-state index contributed by atoms with van der Waals surface area (Å²) in [7, 11) is 1.61. The summed E-state index contributed by atoms with van der Waals surface area (Å²) in [6.45, 7) is 0.363. The highest BCUT2D eigenvalue weighted by Gasteiger charge is 2.20. The van der Waals surface area contributed by atoms with Gasteiger partial charge in [-0.25, -0.2) is 0 Å². The summed E-state index contributed by atoms with van der Waals surface area (Å²) in [5.74, 6) is 1.01. The topological polar surface area (TPSA) is 84.0 Å². The van der Waals surface area contributed by atoms with Crippen LogP contribution >= 0.6 is 24.0 Å². The van der Waals surface area contributed by atoms with Crippen LogP contribution in [0.2, 0.25) is 0 Å². The lowest BCUT2D eigenvalue weighted by molar-refractivity contribution is -0.125. The van der Waals surface area contributed by atoms with Crippen LogP contribution in [0.25, 0.3) is 0 Å². The predicted molar refractivity (Wildman–Crippen MR) is 127 cm³/mol. The Balaban J connectivity index is 0.00000480. The molecule has 2 rings (SSSR count). The Morgan fingerprint density at radius 1 is 1.16 bits per heavy atom. The summed E-state index contributed by atoms with van der Waals surface area (Å²) in [4.78, 5) is 16.3. The Kier molecular flexibility index (Phi) is 13.2. The van der Waals surface area contributed by atoms with Crippen LogP contribution in [-0.4, -0.2) is 45.2 Å². The fourth-order valence-corrected chi connectivity index (χ4v) is 3.47. The number of amides is 1. The maximum atomic E-state index is 12.8. The Morgan fingerprint density at radius 2 is 1.87 bits per heavy atom. The van der Waals surface area contributed by atoms with Crippen LogP contribution in [0.1, 0.15) is 44.6 Å². The molecule has 176 valence electrons. The van der Waals surface area contributed by atoms with Crippen molar-refractivity contribution >= 4 is 35.8 Å². The summed E-state index contributed by atoms with van der Waals surface area (Å²) in [5, 5.41) is 9.12. The molecule has 0 bridgehead atoms. The first kappa shape index (κ1) is 27.2. The molecule has 0 radical (unpaired) electrons. The third-order valence-electron chi connectivity index (χ3n) is 4.93. The molecule has 1 fully saturated rings. The SMILES string of the molecule is CCOc1cccc(CNC(=NC)NCCNC(=O)C2CCCCC2)c1OC(F)F.I. The van der Waals surface area contributed by atoms with Gasteiger partial charge >= 0.3 is 6.61 Å². The van der Waals surface area contributed by atoms with E-state index in [1.165, 1.54) is 6.42 Å². The van der Waals surface area contributed by atoms with Gasteiger partial charge in [0.2, 0.25) is 5.91 Å². The monoisotopic (exact) mass is 554 g/mol. The molecule has 0 heterocycles. The predicted octanol–water partition coefficient (Wildman–Crippen LogP) is 3.67. The second-order valence-electron chi connectivity index (χ2n) is 7.03. The van der Waals surface area contributed by atoms with Crippen molar-refractivity contribution in [3.8, 4) is 11.5 Å². The summed E-state index contributed by atoms with van der Waals surface area (Å²) in [6.07, 6.45) is 5.38. The largest absolute Gasteiger partial charge is 0.490 e. The van der Waals surface area contributed by atoms with Gasteiger partial charge in [-0.15, -0.1) is 24.0 Å². The number of hydrogen-bond donors (Lipinski definition) is 3. The molecule has 7 nitrogen and oxygen atoms in total. The maximum absolute atomic E-state index is 12.8. The fraction of sp³-hybridized carbons (Fsp3) is 0.619. The van der Waals surface area contributed by atoms with E-state index in [0.717, 1.165) is 25.7 Å². The second-order valence-corrected chi connectivity index (χ2v) is 7.03. The van der Waals surface area contributed by atoms with Crippen LogP contribution in [0, 0.1) is 5.92 Å². The number of guanidine groups is 1. The highest BCUT2D eigenvalue weighted by Crippen LogP contribution is 2.32. The van der Waals surface area contributed by atoms with Gasteiger partial charge < -0.3 is 25.4 Å². The number of nitrogens with zero attached hydrogens (tertiary/aromatic N) is 1. The first-order valence-corrected chi connectivity index (χ1v) is 10.5. The number of nitrogens with one attached hydrogen (secondary N) is 3. The van der Waals surface area contributed by atoms with Crippen LogP contribution in [0.15, 0.2) is 23.2 Å². The minimum Gasteiger partial charge on any atom is -0.490 e. The van der Waals surface area contributed by atoms with Gasteiger partial charge in [-0.2, -0.15) is 8.78 Å². The van der Waals surface area contributed by atoms with E-state index in [4.69, 9.17) is 4.74 Å². The zero-order valence-corrected chi connectivity index (χ0v) is 20.4. The quantitative estimate of drug-likeness (QED) is 0.178. The fourth-order valence-electron chi connectivity index (χ4n) is 3.47. The molecule has 1 aliphatic rings. The van der Waals surface area contributed by atoms with Crippen molar-refractivity contribution in [2.75, 3.05) is 26.7 Å². The van der Waals surface area contributed by atoms with Crippen LogP contribution < -0.4 is 25.4 Å². The zero-order chi connectivity index (χ0) is 21.8. The summed E-state index contributed by atoms with van der Waals surface area (Å²) >= 11 is 0. The van der Waals surface area contributed by atoms with E-state index >= 15 is 0 Å². The molecule has 31 heavy (non-hydrogen) atoms. The van der Waals surface area contributed by atoms with Crippen molar-refractivity contribution in [1.29, 1.82) is 0 Å². The third kappa shape index (κ3) is 9.44. The van der Waals surface area contributed by atoms with Crippen LogP contribution in [0.3, 0.4) is 0 Å². The average molecular weight is 554 g/mol. The lowest BCUT2D eigenvalue weighted by atomic mass is 9.89. The number of carbonyl (C=O) groups excluding carboxylic acids is 1. The van der Waals surface area contributed by atoms with Crippen LogP contribution in [-0.2, 0) is 11.3 Å². The van der Waals surface area contributed by atoms with Crippen molar-refractivity contribution in [1.82, 2.24) is 16.0 Å². The number of carbonyl (C=O) groups is 1. The number of hydrogen-bond acceptors (Lipinski definition) is 4. The smallest absolute Gasteiger partial charge is 0.387 e. The second kappa shape index (κ2) is 15.0. The van der Waals surface area contributed by atoms with Gasteiger partial charge in [0, 0.05) is 38.2 Å². The first-order chi connectivity index (χ1) is 14.5. The number of ether oxygens (including phenoxy) is 2. The Labute approximate surface area is 199 Å². The lowest BCUT2D eigenvalue weighted by Gasteiger charge is -2.21. The highest BCUT2D eigenvalue weighted by atomic mass is 127. The summed E-state index contributed by atoms with van der Waals surface area (Å²) in [6, 6.07) is 5.00. The van der Waals surface area contributed by atoms with Crippen LogP contribution in [0.4, 0.5) is 8.78 Å². The highest BCUT2D eigenvalue weighted by molar-refractivity contribution is 14.0. The minimum absolute atomic E-state index is 0. The normalized spacial score (nSPS) is 14.5. The van der Waals surface area contributed by atoms with Crippen molar-refractivity contribution in [3.63, 3.8) is 0 Å². The van der Waals surface area contributed by atoms with Gasteiger partial charge in [0.25, 0.3) is 0 Å². The molecule has 1 aromatic rings. The molecule has 0 spiro atoms. The number of rotatable bonds is 10. The third-order valence-corrected chi connectivity index (χ3v) is 4.93. The van der Waals surface area contributed by atoms with Gasteiger partial charge in [0.1, 0.15) is 0 Å². The van der Waals surface area contributed by atoms with Crippen molar-refractivity contribution in [2.45, 2.75) is 52.2 Å². The molecule has 0 atom stereocenters. The molecule has 1 saturated carbocycles. The van der Waals surface area contributed by atoms with E-state index in [2.05, 4.69) is 25.7 Å². The van der Waals surface area contributed by atoms with Crippen molar-refractivity contribution < 1.29 is 23.0 Å². The number of benzene rings is 1. The van der Waals surface area contributed by atoms with Gasteiger partial charge in [-0.3, -0.25) is 9.79 Å². The summed E-state index contributed by atoms with van der Waals surface area (Å²) < 4.78 is 35.7. The van der Waals surface area contributed by atoms with Gasteiger partial charge in [0.15, 0.2) is 17.5 Å². The molecule has 1 aromatic carbocycles. The van der Waals surface area contributed by atoms with Crippen molar-refractivity contribution in [2.24, 2.45) is 10.9 Å². The average Bonchev–Trinajstić information content (AvgIpc) is 2.75.